The molecule has 0 saturated heterocycles. The van der Waals surface area contributed by atoms with E-state index in [4.69, 9.17) is 10.5 Å². The number of hydrogen-bond acceptors (Lipinski definition) is 4. The van der Waals surface area contributed by atoms with Crippen molar-refractivity contribution in [3.05, 3.63) is 54.4 Å². The molecule has 2 aromatic heterocycles. The minimum atomic E-state index is 0.414. The monoisotopic (exact) mass is 251 g/mol. The van der Waals surface area contributed by atoms with Crippen molar-refractivity contribution in [2.24, 2.45) is 0 Å². The van der Waals surface area contributed by atoms with Crippen LogP contribution in [-0.4, -0.2) is 9.97 Å². The molecule has 1 aromatic carbocycles. The molecule has 94 valence electrons. The van der Waals surface area contributed by atoms with E-state index in [0.717, 1.165) is 16.5 Å². The van der Waals surface area contributed by atoms with Gasteiger partial charge >= 0.3 is 0 Å². The van der Waals surface area contributed by atoms with Crippen LogP contribution in [0.4, 0.5) is 5.69 Å². The number of anilines is 1. The summed E-state index contributed by atoms with van der Waals surface area (Å²) in [4.78, 5) is 8.48. The Bertz CT molecular complexity index is 740. The number of aryl methyl sites for hydroxylation is 1. The van der Waals surface area contributed by atoms with Crippen LogP contribution >= 0.6 is 0 Å². The molecular formula is C15H13N3O. The number of benzene rings is 1. The Kier molecular flexibility index (Phi) is 2.76. The van der Waals surface area contributed by atoms with Gasteiger partial charge in [0.1, 0.15) is 5.75 Å². The lowest BCUT2D eigenvalue weighted by Gasteiger charge is -2.09. The minimum Gasteiger partial charge on any atom is -0.435 e. The molecule has 0 aliphatic rings. The first kappa shape index (κ1) is 11.5. The standard InChI is InChI=1S/C15H13N3O/c1-10-6-7-17-15(14(10)16)19-12-8-11-4-2-3-5-13(11)18-9-12/h2-9H,16H2,1H3. The summed E-state index contributed by atoms with van der Waals surface area (Å²) in [5.41, 5.74) is 8.36. The number of nitrogens with zero attached hydrogens (tertiary/aromatic N) is 2. The number of nitrogens with two attached hydrogens (primary N) is 1. The highest BCUT2D eigenvalue weighted by atomic mass is 16.5. The fourth-order valence-corrected chi connectivity index (χ4v) is 1.84. The van der Waals surface area contributed by atoms with Gasteiger partial charge in [-0.05, 0) is 30.7 Å². The van der Waals surface area contributed by atoms with Crippen LogP contribution in [0.2, 0.25) is 0 Å². The zero-order chi connectivity index (χ0) is 13.2. The van der Waals surface area contributed by atoms with Crippen molar-refractivity contribution in [2.45, 2.75) is 6.92 Å². The van der Waals surface area contributed by atoms with Crippen molar-refractivity contribution in [1.82, 2.24) is 9.97 Å². The van der Waals surface area contributed by atoms with Crippen LogP contribution in [0.3, 0.4) is 0 Å². The quantitative estimate of drug-likeness (QED) is 0.759. The summed E-state index contributed by atoms with van der Waals surface area (Å²) >= 11 is 0. The number of para-hydroxylation sites is 1. The summed E-state index contributed by atoms with van der Waals surface area (Å²) in [5.74, 6) is 1.04. The topological polar surface area (TPSA) is 61.0 Å². The summed E-state index contributed by atoms with van der Waals surface area (Å²) < 4.78 is 5.70. The maximum absolute atomic E-state index is 5.94. The molecule has 0 unspecified atom stereocenters. The van der Waals surface area contributed by atoms with Crippen molar-refractivity contribution >= 4 is 16.6 Å². The molecule has 0 amide bonds. The number of nitrogen functional groups attached to an aromatic ring is 1. The van der Waals surface area contributed by atoms with Crippen LogP contribution in [0, 0.1) is 6.92 Å². The van der Waals surface area contributed by atoms with Gasteiger partial charge in [-0.2, -0.15) is 0 Å². The predicted molar refractivity (Wildman–Crippen MR) is 75.2 cm³/mol. The number of pyridine rings is 2. The van der Waals surface area contributed by atoms with Crippen LogP contribution in [0.25, 0.3) is 10.9 Å². The van der Waals surface area contributed by atoms with Gasteiger partial charge < -0.3 is 10.5 Å². The van der Waals surface area contributed by atoms with Gasteiger partial charge in [-0.15, -0.1) is 0 Å². The zero-order valence-electron chi connectivity index (χ0n) is 10.5. The summed E-state index contributed by atoms with van der Waals surface area (Å²) in [6.07, 6.45) is 3.35. The Balaban J connectivity index is 1.99. The first-order valence-corrected chi connectivity index (χ1v) is 5.98. The van der Waals surface area contributed by atoms with Gasteiger partial charge in [0.25, 0.3) is 0 Å². The first-order chi connectivity index (χ1) is 9.24. The van der Waals surface area contributed by atoms with Gasteiger partial charge in [0.2, 0.25) is 5.88 Å². The molecule has 0 aliphatic carbocycles. The smallest absolute Gasteiger partial charge is 0.242 e. The van der Waals surface area contributed by atoms with Gasteiger partial charge in [-0.25, -0.2) is 4.98 Å². The Morgan fingerprint density at radius 2 is 1.95 bits per heavy atom. The Morgan fingerprint density at radius 3 is 2.84 bits per heavy atom. The lowest BCUT2D eigenvalue weighted by atomic mass is 10.2. The number of rotatable bonds is 2. The van der Waals surface area contributed by atoms with Crippen LogP contribution < -0.4 is 10.5 Å². The average Bonchev–Trinajstić information content (AvgIpc) is 2.44. The van der Waals surface area contributed by atoms with Crippen LogP contribution in [0.1, 0.15) is 5.56 Å². The van der Waals surface area contributed by atoms with Gasteiger partial charge in [0, 0.05) is 11.6 Å². The molecule has 3 aromatic rings. The molecule has 0 saturated carbocycles. The molecule has 0 bridgehead atoms. The fraction of sp³-hybridized carbons (Fsp3) is 0.0667. The fourth-order valence-electron chi connectivity index (χ4n) is 1.84. The second kappa shape index (κ2) is 4.57. The number of hydrogen-bond donors (Lipinski definition) is 1. The maximum atomic E-state index is 5.94. The molecule has 0 atom stereocenters. The molecule has 0 fully saturated rings. The Labute approximate surface area is 110 Å². The van der Waals surface area contributed by atoms with E-state index in [1.54, 1.807) is 12.4 Å². The SMILES string of the molecule is Cc1ccnc(Oc2cnc3ccccc3c2)c1N. The highest BCUT2D eigenvalue weighted by Gasteiger charge is 2.06. The number of fused-ring (bicyclic) bond motifs is 1. The largest absolute Gasteiger partial charge is 0.435 e. The van der Waals surface area contributed by atoms with E-state index in [-0.39, 0.29) is 0 Å². The third kappa shape index (κ3) is 2.20. The lowest BCUT2D eigenvalue weighted by molar-refractivity contribution is 0.464. The van der Waals surface area contributed by atoms with Crippen molar-refractivity contribution < 1.29 is 4.74 Å². The van der Waals surface area contributed by atoms with Crippen LogP contribution in [0.15, 0.2) is 48.8 Å². The molecule has 4 heteroatoms. The third-order valence-corrected chi connectivity index (χ3v) is 2.95. The second-order valence-corrected chi connectivity index (χ2v) is 4.31. The van der Waals surface area contributed by atoms with Gasteiger partial charge in [-0.3, -0.25) is 4.98 Å². The molecular weight excluding hydrogens is 238 g/mol. The van der Waals surface area contributed by atoms with Crippen molar-refractivity contribution in [3.8, 4) is 11.6 Å². The lowest BCUT2D eigenvalue weighted by Crippen LogP contribution is -1.97. The molecule has 19 heavy (non-hydrogen) atoms. The number of ether oxygens (including phenoxy) is 1. The minimum absolute atomic E-state index is 0.414. The molecule has 0 aliphatic heterocycles. The van der Waals surface area contributed by atoms with E-state index in [0.29, 0.717) is 17.3 Å². The highest BCUT2D eigenvalue weighted by molar-refractivity contribution is 5.79. The molecule has 2 N–H and O–H groups in total. The van der Waals surface area contributed by atoms with Gasteiger partial charge in [0.15, 0.2) is 0 Å². The van der Waals surface area contributed by atoms with Crippen LogP contribution in [-0.2, 0) is 0 Å². The average molecular weight is 251 g/mol. The molecule has 3 rings (SSSR count). The predicted octanol–water partition coefficient (Wildman–Crippen LogP) is 3.31. The van der Waals surface area contributed by atoms with Gasteiger partial charge in [-0.1, -0.05) is 18.2 Å². The molecule has 0 radical (unpaired) electrons. The van der Waals surface area contributed by atoms with E-state index in [2.05, 4.69) is 9.97 Å². The third-order valence-electron chi connectivity index (χ3n) is 2.95. The van der Waals surface area contributed by atoms with E-state index in [9.17, 15) is 0 Å². The molecule has 2 heterocycles. The summed E-state index contributed by atoms with van der Waals surface area (Å²) in [7, 11) is 0. The van der Waals surface area contributed by atoms with E-state index in [1.165, 1.54) is 0 Å². The van der Waals surface area contributed by atoms with Crippen molar-refractivity contribution in [2.75, 3.05) is 5.73 Å². The van der Waals surface area contributed by atoms with E-state index >= 15 is 0 Å². The summed E-state index contributed by atoms with van der Waals surface area (Å²) in [6, 6.07) is 11.6. The van der Waals surface area contributed by atoms with Crippen LogP contribution in [0.5, 0.6) is 11.6 Å². The normalized spacial score (nSPS) is 10.6. The summed E-state index contributed by atoms with van der Waals surface area (Å²) in [5, 5.41) is 1.02. The van der Waals surface area contributed by atoms with Gasteiger partial charge in [0.05, 0.1) is 17.4 Å². The Morgan fingerprint density at radius 1 is 1.11 bits per heavy atom. The van der Waals surface area contributed by atoms with Crippen molar-refractivity contribution in [1.29, 1.82) is 0 Å². The second-order valence-electron chi connectivity index (χ2n) is 4.31. The van der Waals surface area contributed by atoms with Crippen molar-refractivity contribution in [3.63, 3.8) is 0 Å². The molecule has 0 spiro atoms. The maximum Gasteiger partial charge on any atom is 0.242 e. The van der Waals surface area contributed by atoms with E-state index in [1.807, 2.05) is 43.3 Å². The summed E-state index contributed by atoms with van der Waals surface area (Å²) in [6.45, 7) is 1.92. The highest BCUT2D eigenvalue weighted by Crippen LogP contribution is 2.28. The number of aromatic nitrogens is 2. The zero-order valence-corrected chi connectivity index (χ0v) is 10.5. The first-order valence-electron chi connectivity index (χ1n) is 5.98. The van der Waals surface area contributed by atoms with E-state index < -0.39 is 0 Å². The Hall–Kier alpha value is -2.62. The molecule has 4 nitrogen and oxygen atoms in total.